The van der Waals surface area contributed by atoms with E-state index in [-0.39, 0.29) is 23.9 Å². The molecule has 0 unspecified atom stereocenters. The molecular formula is C13H15ClN2O2S. The van der Waals surface area contributed by atoms with E-state index in [1.54, 1.807) is 29.5 Å². The van der Waals surface area contributed by atoms with Crippen molar-refractivity contribution >= 4 is 23.5 Å². The Morgan fingerprint density at radius 1 is 1.42 bits per heavy atom. The molecule has 0 bridgehead atoms. The Bertz CT molecular complexity index is 596. The highest BCUT2D eigenvalue weighted by Gasteiger charge is 2.11. The van der Waals surface area contributed by atoms with Gasteiger partial charge in [0.25, 0.3) is 0 Å². The largest absolute Gasteiger partial charge is 1.00 e. The van der Waals surface area contributed by atoms with E-state index in [1.807, 2.05) is 24.6 Å². The predicted octanol–water partition coefficient (Wildman–Crippen LogP) is 0.140. The quantitative estimate of drug-likeness (QED) is 0.626. The lowest BCUT2D eigenvalue weighted by Gasteiger charge is -1.98. The van der Waals surface area contributed by atoms with Gasteiger partial charge in [-0.2, -0.15) is 4.68 Å². The molecule has 2 aromatic rings. The Labute approximate surface area is 122 Å². The molecule has 0 amide bonds. The number of nitrogens with zero attached hydrogens (tertiary/aromatic N) is 2. The molecule has 102 valence electrons. The summed E-state index contributed by atoms with van der Waals surface area (Å²) >= 11 is 1.59. The van der Waals surface area contributed by atoms with Gasteiger partial charge in [-0.25, -0.2) is 0 Å². The molecule has 19 heavy (non-hydrogen) atoms. The molecule has 0 radical (unpaired) electrons. The van der Waals surface area contributed by atoms with Crippen molar-refractivity contribution in [3.8, 4) is 11.5 Å². The second-order valence-corrected chi connectivity index (χ2v) is 5.04. The van der Waals surface area contributed by atoms with Gasteiger partial charge >= 0.3 is 0 Å². The molecule has 1 heterocycles. The molecule has 2 rings (SSSR count). The number of aromatic hydroxyl groups is 2. The molecule has 1 aromatic carbocycles. The van der Waals surface area contributed by atoms with Crippen molar-refractivity contribution < 1.29 is 22.6 Å². The maximum absolute atomic E-state index is 9.69. The standard InChI is InChI=1S/C13H14N2O2S.ClH/c1-3-15-12(18-9(2)14-15)8-7-10-5-4-6-11(16)13(10)17;/h4-8H,3H2,1-2H3,(H-,16,17);1H. The van der Waals surface area contributed by atoms with Crippen LogP contribution in [0.3, 0.4) is 0 Å². The molecule has 2 N–H and O–H groups in total. The fraction of sp³-hybridized carbons (Fsp3) is 0.231. The van der Waals surface area contributed by atoms with Crippen LogP contribution in [0.2, 0.25) is 0 Å². The molecule has 1 aromatic heterocycles. The van der Waals surface area contributed by atoms with Crippen molar-refractivity contribution in [3.63, 3.8) is 0 Å². The lowest BCUT2D eigenvalue weighted by molar-refractivity contribution is -0.00000546. The lowest BCUT2D eigenvalue weighted by atomic mass is 10.2. The van der Waals surface area contributed by atoms with Gasteiger partial charge in [-0.3, -0.25) is 0 Å². The van der Waals surface area contributed by atoms with Crippen LogP contribution < -0.4 is 12.4 Å². The van der Waals surface area contributed by atoms with Crippen LogP contribution in [0, 0.1) is 6.92 Å². The van der Waals surface area contributed by atoms with Gasteiger partial charge in [0.2, 0.25) is 10.0 Å². The number of benzene rings is 1. The highest BCUT2D eigenvalue weighted by atomic mass is 35.5. The minimum Gasteiger partial charge on any atom is -1.00 e. The average molecular weight is 299 g/mol. The highest BCUT2D eigenvalue weighted by Crippen LogP contribution is 2.29. The first-order valence-electron chi connectivity index (χ1n) is 5.68. The number of hydrogen-bond acceptors (Lipinski definition) is 4. The summed E-state index contributed by atoms with van der Waals surface area (Å²) in [6.45, 7) is 4.79. The van der Waals surface area contributed by atoms with Gasteiger partial charge < -0.3 is 22.6 Å². The van der Waals surface area contributed by atoms with Gasteiger partial charge in [0.1, 0.15) is 0 Å². The molecule has 0 saturated heterocycles. The van der Waals surface area contributed by atoms with Crippen molar-refractivity contribution in [1.82, 2.24) is 9.78 Å². The van der Waals surface area contributed by atoms with E-state index in [9.17, 15) is 10.2 Å². The number of phenols is 2. The number of aromatic nitrogens is 2. The van der Waals surface area contributed by atoms with E-state index in [1.165, 1.54) is 6.07 Å². The Morgan fingerprint density at radius 3 is 2.84 bits per heavy atom. The van der Waals surface area contributed by atoms with Crippen LogP contribution in [0.4, 0.5) is 0 Å². The van der Waals surface area contributed by atoms with Crippen LogP contribution >= 0.6 is 11.3 Å². The fourth-order valence-corrected chi connectivity index (χ4v) is 2.49. The van der Waals surface area contributed by atoms with Crippen molar-refractivity contribution in [1.29, 1.82) is 0 Å². The Balaban J connectivity index is 0.00000180. The Hall–Kier alpha value is -1.59. The molecule has 0 aliphatic heterocycles. The zero-order chi connectivity index (χ0) is 13.1. The topological polar surface area (TPSA) is 58.3 Å². The molecular weight excluding hydrogens is 284 g/mol. The molecule has 6 heteroatoms. The van der Waals surface area contributed by atoms with Crippen molar-refractivity contribution in [3.05, 3.63) is 33.8 Å². The number of para-hydroxylation sites is 1. The third-order valence-electron chi connectivity index (χ3n) is 2.52. The Kier molecular flexibility index (Phi) is 5.32. The average Bonchev–Trinajstić information content (AvgIpc) is 2.71. The predicted molar refractivity (Wildman–Crippen MR) is 73.6 cm³/mol. The number of rotatable bonds is 3. The summed E-state index contributed by atoms with van der Waals surface area (Å²) in [5, 5.41) is 25.5. The van der Waals surface area contributed by atoms with Gasteiger partial charge in [0.15, 0.2) is 11.5 Å². The minimum atomic E-state index is -0.110. The van der Waals surface area contributed by atoms with Crippen LogP contribution in [0.5, 0.6) is 11.5 Å². The summed E-state index contributed by atoms with van der Waals surface area (Å²) in [4.78, 5) is 0. The Morgan fingerprint density at radius 2 is 2.16 bits per heavy atom. The van der Waals surface area contributed by atoms with Crippen LogP contribution in [0.15, 0.2) is 18.2 Å². The molecule has 0 aliphatic rings. The smallest absolute Gasteiger partial charge is 0.219 e. The van der Waals surface area contributed by atoms with Crippen molar-refractivity contribution in [2.24, 2.45) is 0 Å². The number of aryl methyl sites for hydroxylation is 2. The van der Waals surface area contributed by atoms with E-state index in [0.717, 1.165) is 16.6 Å². The SMILES string of the molecule is CCn1nc(C)s[c+]1C=Cc1cccc(O)c1O.[Cl-]. The maximum atomic E-state index is 9.69. The van der Waals surface area contributed by atoms with Gasteiger partial charge in [-0.1, -0.05) is 11.2 Å². The van der Waals surface area contributed by atoms with Gasteiger partial charge in [0.05, 0.1) is 18.2 Å². The zero-order valence-electron chi connectivity index (χ0n) is 10.7. The van der Waals surface area contributed by atoms with Crippen LogP contribution in [0.25, 0.3) is 12.2 Å². The fourth-order valence-electron chi connectivity index (χ4n) is 1.63. The summed E-state index contributed by atoms with van der Waals surface area (Å²) in [5.74, 6) is -0.209. The monoisotopic (exact) mass is 298 g/mol. The van der Waals surface area contributed by atoms with E-state index in [4.69, 9.17) is 0 Å². The normalized spacial score (nSPS) is 10.6. The first-order valence-corrected chi connectivity index (χ1v) is 6.50. The molecule has 0 aliphatic carbocycles. The molecule has 0 atom stereocenters. The summed E-state index contributed by atoms with van der Waals surface area (Å²) < 4.78 is 1.90. The van der Waals surface area contributed by atoms with Crippen molar-refractivity contribution in [2.75, 3.05) is 0 Å². The van der Waals surface area contributed by atoms with Crippen LogP contribution in [-0.2, 0) is 6.54 Å². The zero-order valence-corrected chi connectivity index (χ0v) is 12.2. The summed E-state index contributed by atoms with van der Waals surface area (Å²) in [5.41, 5.74) is 0.587. The van der Waals surface area contributed by atoms with E-state index in [0.29, 0.717) is 5.56 Å². The molecule has 0 spiro atoms. The van der Waals surface area contributed by atoms with E-state index >= 15 is 0 Å². The van der Waals surface area contributed by atoms with E-state index in [2.05, 4.69) is 5.10 Å². The second kappa shape index (κ2) is 6.54. The maximum Gasteiger partial charge on any atom is 0.219 e. The van der Waals surface area contributed by atoms with Gasteiger partial charge in [-0.05, 0) is 19.1 Å². The van der Waals surface area contributed by atoms with Gasteiger partial charge in [-0.15, -0.1) is 0 Å². The molecule has 4 nitrogen and oxygen atoms in total. The first-order chi connectivity index (χ1) is 8.61. The molecule has 0 fully saturated rings. The number of phenolic OH excluding ortho intramolecular Hbond substituents is 2. The third kappa shape index (κ3) is 3.45. The highest BCUT2D eigenvalue weighted by molar-refractivity contribution is 7.12. The van der Waals surface area contributed by atoms with Crippen molar-refractivity contribution in [2.45, 2.75) is 20.4 Å². The first kappa shape index (κ1) is 15.5. The summed E-state index contributed by atoms with van der Waals surface area (Å²) in [7, 11) is 0. The molecule has 0 saturated carbocycles. The number of hydrogen-bond donors (Lipinski definition) is 2. The van der Waals surface area contributed by atoms with Crippen LogP contribution in [-0.4, -0.2) is 20.0 Å². The minimum absolute atomic E-state index is 0. The summed E-state index contributed by atoms with van der Waals surface area (Å²) in [6.07, 6.45) is 3.66. The second-order valence-electron chi connectivity index (χ2n) is 3.82. The van der Waals surface area contributed by atoms with Crippen LogP contribution in [0.1, 0.15) is 22.5 Å². The third-order valence-corrected chi connectivity index (χ3v) is 3.45. The van der Waals surface area contributed by atoms with E-state index < -0.39 is 0 Å². The lowest BCUT2D eigenvalue weighted by Crippen LogP contribution is -3.00. The summed E-state index contributed by atoms with van der Waals surface area (Å²) in [6, 6.07) is 4.89. The van der Waals surface area contributed by atoms with Gasteiger partial charge in [0, 0.05) is 24.3 Å². The number of halogens is 1.